The van der Waals surface area contributed by atoms with E-state index in [4.69, 9.17) is 0 Å². The van der Waals surface area contributed by atoms with E-state index in [9.17, 15) is 0 Å². The van der Waals surface area contributed by atoms with E-state index in [1.165, 1.54) is 11.1 Å². The van der Waals surface area contributed by atoms with Gasteiger partial charge < -0.3 is 0 Å². The van der Waals surface area contributed by atoms with Crippen molar-refractivity contribution in [2.24, 2.45) is 0 Å². The Hall–Kier alpha value is -1.56. The zero-order chi connectivity index (χ0) is 10.2. The van der Waals surface area contributed by atoms with Crippen molar-refractivity contribution in [2.45, 2.75) is 13.3 Å². The predicted molar refractivity (Wildman–Crippen MR) is 64.0 cm³/mol. The minimum absolute atomic E-state index is 0.987. The molecule has 0 aliphatic heterocycles. The third-order valence-electron chi connectivity index (χ3n) is 1.95. The van der Waals surface area contributed by atoms with Crippen LogP contribution < -0.4 is 0 Å². The van der Waals surface area contributed by atoms with E-state index < -0.39 is 0 Å². The summed E-state index contributed by atoms with van der Waals surface area (Å²) in [4.78, 5) is 0. The SMILES string of the molecule is C=CC=C(C)CC=Cc1ccccc1. The van der Waals surface area contributed by atoms with Crippen molar-refractivity contribution in [1.82, 2.24) is 0 Å². The van der Waals surface area contributed by atoms with E-state index in [2.05, 4.69) is 37.8 Å². The molecule has 0 unspecified atom stereocenters. The molecule has 0 N–H and O–H groups in total. The monoisotopic (exact) mass is 184 g/mol. The summed E-state index contributed by atoms with van der Waals surface area (Å²) in [6.45, 7) is 5.77. The molecule has 0 fully saturated rings. The van der Waals surface area contributed by atoms with Crippen LogP contribution >= 0.6 is 0 Å². The molecule has 1 aromatic rings. The van der Waals surface area contributed by atoms with Gasteiger partial charge in [-0.3, -0.25) is 0 Å². The smallest absolute Gasteiger partial charge is 0.0135 e. The summed E-state index contributed by atoms with van der Waals surface area (Å²) >= 11 is 0. The maximum absolute atomic E-state index is 3.67. The van der Waals surface area contributed by atoms with Gasteiger partial charge in [-0.25, -0.2) is 0 Å². The van der Waals surface area contributed by atoms with Gasteiger partial charge in [-0.15, -0.1) is 0 Å². The number of allylic oxidation sites excluding steroid dienone is 4. The van der Waals surface area contributed by atoms with E-state index in [1.54, 1.807) is 0 Å². The summed E-state index contributed by atoms with van der Waals surface area (Å²) < 4.78 is 0. The molecule has 0 bridgehead atoms. The van der Waals surface area contributed by atoms with Crippen LogP contribution in [0.15, 0.2) is 60.7 Å². The fraction of sp³-hybridized carbons (Fsp3) is 0.143. The molecule has 1 rings (SSSR count). The third-order valence-corrected chi connectivity index (χ3v) is 1.95. The van der Waals surface area contributed by atoms with Gasteiger partial charge in [0.2, 0.25) is 0 Å². The first kappa shape index (κ1) is 10.5. The highest BCUT2D eigenvalue weighted by atomic mass is 13.9. The van der Waals surface area contributed by atoms with E-state index >= 15 is 0 Å². The Labute approximate surface area is 86.3 Å². The molecular weight excluding hydrogens is 168 g/mol. The molecule has 72 valence electrons. The summed E-state index contributed by atoms with van der Waals surface area (Å²) in [5, 5.41) is 0. The molecule has 0 heterocycles. The van der Waals surface area contributed by atoms with Crippen molar-refractivity contribution in [3.8, 4) is 0 Å². The van der Waals surface area contributed by atoms with Crippen LogP contribution in [-0.2, 0) is 0 Å². The fourth-order valence-corrected chi connectivity index (χ4v) is 1.21. The molecule has 0 saturated carbocycles. The number of benzene rings is 1. The molecule has 0 aliphatic rings. The van der Waals surface area contributed by atoms with Gasteiger partial charge in [0, 0.05) is 0 Å². The van der Waals surface area contributed by atoms with Crippen molar-refractivity contribution in [3.05, 3.63) is 66.3 Å². The maximum atomic E-state index is 3.67. The summed E-state index contributed by atoms with van der Waals surface area (Å²) in [5.41, 5.74) is 2.58. The normalized spacial score (nSPS) is 11.9. The first-order valence-corrected chi connectivity index (χ1v) is 4.82. The molecular formula is C14H16. The predicted octanol–water partition coefficient (Wildman–Crippen LogP) is 4.22. The van der Waals surface area contributed by atoms with Crippen molar-refractivity contribution in [2.75, 3.05) is 0 Å². The van der Waals surface area contributed by atoms with Crippen LogP contribution in [0.4, 0.5) is 0 Å². The molecule has 0 saturated heterocycles. The summed E-state index contributed by atoms with van der Waals surface area (Å²) in [6.07, 6.45) is 9.16. The van der Waals surface area contributed by atoms with Gasteiger partial charge >= 0.3 is 0 Å². The molecule has 0 spiro atoms. The van der Waals surface area contributed by atoms with Crippen molar-refractivity contribution >= 4 is 6.08 Å². The first-order chi connectivity index (χ1) is 6.83. The Morgan fingerprint density at radius 3 is 2.64 bits per heavy atom. The van der Waals surface area contributed by atoms with E-state index in [0.717, 1.165) is 6.42 Å². The zero-order valence-corrected chi connectivity index (χ0v) is 8.61. The van der Waals surface area contributed by atoms with Gasteiger partial charge in [0.25, 0.3) is 0 Å². The lowest BCUT2D eigenvalue weighted by molar-refractivity contribution is 1.22. The van der Waals surface area contributed by atoms with E-state index in [1.807, 2.05) is 30.4 Å². The summed E-state index contributed by atoms with van der Waals surface area (Å²) in [5.74, 6) is 0. The Morgan fingerprint density at radius 1 is 1.29 bits per heavy atom. The van der Waals surface area contributed by atoms with Gasteiger partial charge in [-0.2, -0.15) is 0 Å². The van der Waals surface area contributed by atoms with Gasteiger partial charge in [-0.05, 0) is 18.9 Å². The topological polar surface area (TPSA) is 0 Å². The second-order valence-electron chi connectivity index (χ2n) is 3.27. The Morgan fingerprint density at radius 2 is 2.00 bits per heavy atom. The standard InChI is InChI=1S/C14H16/c1-3-8-13(2)9-7-12-14-10-5-4-6-11-14/h3-8,10-12H,1,9H2,2H3. The van der Waals surface area contributed by atoms with E-state index in [-0.39, 0.29) is 0 Å². The Bertz CT molecular complexity index is 328. The van der Waals surface area contributed by atoms with Crippen molar-refractivity contribution in [1.29, 1.82) is 0 Å². The highest BCUT2D eigenvalue weighted by Gasteiger charge is 1.84. The van der Waals surface area contributed by atoms with Crippen molar-refractivity contribution in [3.63, 3.8) is 0 Å². The lowest BCUT2D eigenvalue weighted by Gasteiger charge is -1.93. The fourth-order valence-electron chi connectivity index (χ4n) is 1.21. The Kier molecular flexibility index (Phi) is 4.49. The average molecular weight is 184 g/mol. The number of hydrogen-bond donors (Lipinski definition) is 0. The molecule has 0 aromatic heterocycles. The van der Waals surface area contributed by atoms with Crippen LogP contribution in [0.1, 0.15) is 18.9 Å². The van der Waals surface area contributed by atoms with Gasteiger partial charge in [0.15, 0.2) is 0 Å². The molecule has 0 heteroatoms. The molecule has 0 aliphatic carbocycles. The van der Waals surface area contributed by atoms with Crippen LogP contribution in [0.25, 0.3) is 6.08 Å². The van der Waals surface area contributed by atoms with Gasteiger partial charge in [-0.1, -0.05) is 66.8 Å². The van der Waals surface area contributed by atoms with Crippen LogP contribution in [0.5, 0.6) is 0 Å². The second-order valence-corrected chi connectivity index (χ2v) is 3.27. The Balaban J connectivity index is 2.50. The molecule has 0 radical (unpaired) electrons. The molecule has 0 amide bonds. The maximum Gasteiger partial charge on any atom is -0.0135 e. The number of hydrogen-bond acceptors (Lipinski definition) is 0. The molecule has 0 atom stereocenters. The van der Waals surface area contributed by atoms with Crippen molar-refractivity contribution < 1.29 is 0 Å². The van der Waals surface area contributed by atoms with Crippen LogP contribution in [0, 0.1) is 0 Å². The van der Waals surface area contributed by atoms with E-state index in [0.29, 0.717) is 0 Å². The first-order valence-electron chi connectivity index (χ1n) is 4.82. The molecule has 1 aromatic carbocycles. The lowest BCUT2D eigenvalue weighted by atomic mass is 10.1. The minimum Gasteiger partial charge on any atom is -0.0991 e. The number of rotatable bonds is 4. The summed E-state index contributed by atoms with van der Waals surface area (Å²) in [7, 11) is 0. The second kappa shape index (κ2) is 5.98. The minimum atomic E-state index is 0.987. The highest BCUT2D eigenvalue weighted by Crippen LogP contribution is 2.05. The largest absolute Gasteiger partial charge is 0.0991 e. The molecule has 0 nitrogen and oxygen atoms in total. The molecule has 14 heavy (non-hydrogen) atoms. The van der Waals surface area contributed by atoms with Crippen LogP contribution in [0.3, 0.4) is 0 Å². The summed E-state index contributed by atoms with van der Waals surface area (Å²) in [6, 6.07) is 10.3. The third kappa shape index (κ3) is 3.90. The van der Waals surface area contributed by atoms with Crippen LogP contribution in [0.2, 0.25) is 0 Å². The van der Waals surface area contributed by atoms with Gasteiger partial charge in [0.05, 0.1) is 0 Å². The van der Waals surface area contributed by atoms with Crippen LogP contribution in [-0.4, -0.2) is 0 Å². The quantitative estimate of drug-likeness (QED) is 0.614. The zero-order valence-electron chi connectivity index (χ0n) is 8.61. The van der Waals surface area contributed by atoms with Gasteiger partial charge in [0.1, 0.15) is 0 Å². The average Bonchev–Trinajstić information content (AvgIpc) is 2.20. The highest BCUT2D eigenvalue weighted by molar-refractivity contribution is 5.49. The lowest BCUT2D eigenvalue weighted by Crippen LogP contribution is -1.72.